The van der Waals surface area contributed by atoms with Crippen molar-refractivity contribution in [1.29, 1.82) is 0 Å². The molecule has 0 aliphatic carbocycles. The molecule has 0 fully saturated rings. The van der Waals surface area contributed by atoms with E-state index in [2.05, 4.69) is 29.6 Å². The van der Waals surface area contributed by atoms with Crippen molar-refractivity contribution in [3.05, 3.63) is 83.9 Å². The minimum absolute atomic E-state index is 0.199. The van der Waals surface area contributed by atoms with Gasteiger partial charge in [-0.05, 0) is 61.7 Å². The van der Waals surface area contributed by atoms with Crippen molar-refractivity contribution in [3.8, 4) is 16.9 Å². The summed E-state index contributed by atoms with van der Waals surface area (Å²) in [5.41, 5.74) is 4.22. The van der Waals surface area contributed by atoms with Gasteiger partial charge in [0.25, 0.3) is 5.91 Å². The van der Waals surface area contributed by atoms with Gasteiger partial charge in [0.05, 0.1) is 6.61 Å². The zero-order valence-electron chi connectivity index (χ0n) is 17.4. The van der Waals surface area contributed by atoms with Crippen molar-refractivity contribution in [2.24, 2.45) is 0 Å². The molecule has 0 saturated heterocycles. The molecule has 0 saturated carbocycles. The van der Waals surface area contributed by atoms with E-state index < -0.39 is 5.60 Å². The second-order valence-electron chi connectivity index (χ2n) is 7.59. The molecule has 0 atom stereocenters. The lowest BCUT2D eigenvalue weighted by molar-refractivity contribution is -0.128. The molecule has 0 aliphatic heterocycles. The Morgan fingerprint density at radius 2 is 1.41 bits per heavy atom. The third-order valence-corrected chi connectivity index (χ3v) is 4.68. The van der Waals surface area contributed by atoms with E-state index in [-0.39, 0.29) is 5.91 Å². The molecule has 150 valence electrons. The summed E-state index contributed by atoms with van der Waals surface area (Å²) in [5, 5.41) is 2.94. The maximum Gasteiger partial charge on any atom is 0.267 e. The predicted molar refractivity (Wildman–Crippen MR) is 117 cm³/mol. The Labute approximate surface area is 172 Å². The lowest BCUT2D eigenvalue weighted by Gasteiger charge is -2.25. The monoisotopic (exact) mass is 389 g/mol. The summed E-state index contributed by atoms with van der Waals surface area (Å²) in [6, 6.07) is 23.7. The van der Waals surface area contributed by atoms with Crippen LogP contribution in [0.25, 0.3) is 11.1 Å². The quantitative estimate of drug-likeness (QED) is 0.572. The number of hydrogen-bond acceptors (Lipinski definition) is 3. The molecule has 0 heterocycles. The number of amides is 1. The van der Waals surface area contributed by atoms with Gasteiger partial charge >= 0.3 is 0 Å². The highest BCUT2D eigenvalue weighted by Crippen LogP contribution is 2.24. The zero-order chi connectivity index (χ0) is 20.9. The molecule has 0 radical (unpaired) electrons. The second kappa shape index (κ2) is 8.93. The summed E-state index contributed by atoms with van der Waals surface area (Å²) in [7, 11) is 1.69. The Kier molecular flexibility index (Phi) is 6.35. The summed E-state index contributed by atoms with van der Waals surface area (Å²) in [6.45, 7) is 6.14. The van der Waals surface area contributed by atoms with Gasteiger partial charge in [0, 0.05) is 12.8 Å². The number of benzene rings is 3. The number of nitrogens with one attached hydrogen (secondary N) is 1. The third-order valence-electron chi connectivity index (χ3n) is 4.68. The van der Waals surface area contributed by atoms with Crippen LogP contribution in [0.4, 0.5) is 5.69 Å². The molecule has 29 heavy (non-hydrogen) atoms. The molecule has 3 aromatic rings. The van der Waals surface area contributed by atoms with E-state index in [1.165, 1.54) is 0 Å². The summed E-state index contributed by atoms with van der Waals surface area (Å²) in [4.78, 5) is 12.7. The molecule has 0 aromatic heterocycles. The van der Waals surface area contributed by atoms with E-state index in [0.29, 0.717) is 12.4 Å². The number of anilines is 1. The van der Waals surface area contributed by atoms with E-state index in [0.717, 1.165) is 27.9 Å². The average Bonchev–Trinajstić information content (AvgIpc) is 2.71. The van der Waals surface area contributed by atoms with Gasteiger partial charge in [0.1, 0.15) is 5.75 Å². The predicted octanol–water partition coefficient (Wildman–Crippen LogP) is 5.60. The third kappa shape index (κ3) is 5.46. The van der Waals surface area contributed by atoms with Gasteiger partial charge in [-0.15, -0.1) is 0 Å². The summed E-state index contributed by atoms with van der Waals surface area (Å²) in [6.07, 6.45) is 0. The molecule has 1 N–H and O–H groups in total. The molecule has 4 heteroatoms. The van der Waals surface area contributed by atoms with Crippen LogP contribution in [0.1, 0.15) is 25.0 Å². The Morgan fingerprint density at radius 3 is 1.97 bits per heavy atom. The maximum atomic E-state index is 12.7. The van der Waals surface area contributed by atoms with E-state index in [1.807, 2.05) is 55.5 Å². The Morgan fingerprint density at radius 1 is 0.862 bits per heavy atom. The molecule has 0 spiro atoms. The Bertz CT molecular complexity index is 943. The van der Waals surface area contributed by atoms with E-state index in [4.69, 9.17) is 9.47 Å². The first kappa shape index (κ1) is 20.6. The zero-order valence-corrected chi connectivity index (χ0v) is 17.4. The van der Waals surface area contributed by atoms with Crippen molar-refractivity contribution in [2.75, 3.05) is 12.4 Å². The molecular formula is C25H27NO3. The fourth-order valence-electron chi connectivity index (χ4n) is 2.93. The minimum atomic E-state index is -0.995. The normalized spacial score (nSPS) is 11.2. The van der Waals surface area contributed by atoms with E-state index in [1.54, 1.807) is 21.0 Å². The Hall–Kier alpha value is -3.11. The first-order valence-electron chi connectivity index (χ1n) is 9.63. The van der Waals surface area contributed by atoms with Crippen LogP contribution >= 0.6 is 0 Å². The lowest BCUT2D eigenvalue weighted by Crippen LogP contribution is -2.42. The van der Waals surface area contributed by atoms with Crippen LogP contribution in [-0.2, 0) is 16.1 Å². The van der Waals surface area contributed by atoms with Gasteiger partial charge in [-0.2, -0.15) is 0 Å². The molecule has 3 aromatic carbocycles. The van der Waals surface area contributed by atoms with Crippen LogP contribution in [-0.4, -0.2) is 18.6 Å². The summed E-state index contributed by atoms with van der Waals surface area (Å²) < 4.78 is 11.0. The minimum Gasteiger partial charge on any atom is -0.478 e. The summed E-state index contributed by atoms with van der Waals surface area (Å²) in [5.74, 6) is 0.470. The molecule has 1 amide bonds. The highest BCUT2D eigenvalue weighted by atomic mass is 16.5. The first-order chi connectivity index (χ1) is 13.9. The van der Waals surface area contributed by atoms with Crippen molar-refractivity contribution in [3.63, 3.8) is 0 Å². The van der Waals surface area contributed by atoms with Gasteiger partial charge in [-0.25, -0.2) is 0 Å². The SMILES string of the molecule is COCc1ccc(-c2ccc(NC(=O)C(C)(C)Oc3ccc(C)cc3)cc2)cc1. The van der Waals surface area contributed by atoms with Crippen LogP contribution in [0.15, 0.2) is 72.8 Å². The van der Waals surface area contributed by atoms with Crippen LogP contribution in [0, 0.1) is 6.92 Å². The number of rotatable bonds is 7. The standard InChI is InChI=1S/C25H27NO3/c1-18-5-15-23(16-6-18)29-25(2,3)24(27)26-22-13-11-21(12-14-22)20-9-7-19(8-10-20)17-28-4/h5-16H,17H2,1-4H3,(H,26,27). The number of ether oxygens (including phenoxy) is 2. The maximum absolute atomic E-state index is 12.7. The van der Waals surface area contributed by atoms with E-state index >= 15 is 0 Å². The van der Waals surface area contributed by atoms with Crippen LogP contribution in [0.2, 0.25) is 0 Å². The van der Waals surface area contributed by atoms with Crippen molar-refractivity contribution in [2.45, 2.75) is 33.0 Å². The van der Waals surface area contributed by atoms with Gasteiger partial charge < -0.3 is 14.8 Å². The van der Waals surface area contributed by atoms with Gasteiger partial charge in [-0.1, -0.05) is 54.1 Å². The molecule has 0 bridgehead atoms. The number of carbonyl (C=O) groups excluding carboxylic acids is 1. The number of hydrogen-bond donors (Lipinski definition) is 1. The number of methoxy groups -OCH3 is 1. The molecule has 4 nitrogen and oxygen atoms in total. The second-order valence-corrected chi connectivity index (χ2v) is 7.59. The van der Waals surface area contributed by atoms with Crippen molar-refractivity contribution >= 4 is 11.6 Å². The van der Waals surface area contributed by atoms with Crippen LogP contribution in [0.5, 0.6) is 5.75 Å². The molecule has 0 aliphatic rings. The van der Waals surface area contributed by atoms with Crippen LogP contribution in [0.3, 0.4) is 0 Å². The fraction of sp³-hybridized carbons (Fsp3) is 0.240. The van der Waals surface area contributed by atoms with E-state index in [9.17, 15) is 4.79 Å². The van der Waals surface area contributed by atoms with Gasteiger partial charge in [0.2, 0.25) is 0 Å². The summed E-state index contributed by atoms with van der Waals surface area (Å²) >= 11 is 0. The smallest absolute Gasteiger partial charge is 0.267 e. The highest BCUT2D eigenvalue weighted by Gasteiger charge is 2.30. The van der Waals surface area contributed by atoms with Crippen LogP contribution < -0.4 is 10.1 Å². The molecular weight excluding hydrogens is 362 g/mol. The fourth-order valence-corrected chi connectivity index (χ4v) is 2.93. The van der Waals surface area contributed by atoms with Crippen molar-refractivity contribution < 1.29 is 14.3 Å². The first-order valence-corrected chi connectivity index (χ1v) is 9.63. The van der Waals surface area contributed by atoms with Crippen molar-refractivity contribution in [1.82, 2.24) is 0 Å². The topological polar surface area (TPSA) is 47.6 Å². The average molecular weight is 389 g/mol. The molecule has 0 unspecified atom stereocenters. The lowest BCUT2D eigenvalue weighted by atomic mass is 10.0. The largest absolute Gasteiger partial charge is 0.478 e. The number of carbonyl (C=O) groups is 1. The van der Waals surface area contributed by atoms with Gasteiger partial charge in [-0.3, -0.25) is 4.79 Å². The molecule has 3 rings (SSSR count). The highest BCUT2D eigenvalue weighted by molar-refractivity contribution is 5.97. The van der Waals surface area contributed by atoms with Gasteiger partial charge in [0.15, 0.2) is 5.60 Å². The Balaban J connectivity index is 1.65. The number of aryl methyl sites for hydroxylation is 1.